The molecule has 0 unspecified atom stereocenters. The SMILES string of the molecule is CO/C=C/c1cnc(OC)cc1C(F)(F)F. The van der Waals surface area contributed by atoms with E-state index in [1.165, 1.54) is 20.3 Å². The average molecular weight is 233 g/mol. The molecule has 16 heavy (non-hydrogen) atoms. The molecule has 0 saturated carbocycles. The van der Waals surface area contributed by atoms with E-state index in [0.29, 0.717) is 0 Å². The van der Waals surface area contributed by atoms with Crippen molar-refractivity contribution >= 4 is 6.08 Å². The monoisotopic (exact) mass is 233 g/mol. The summed E-state index contributed by atoms with van der Waals surface area (Å²) in [5, 5.41) is 0. The molecule has 0 N–H and O–H groups in total. The van der Waals surface area contributed by atoms with Gasteiger partial charge in [-0.15, -0.1) is 0 Å². The molecule has 0 radical (unpaired) electrons. The van der Waals surface area contributed by atoms with E-state index in [2.05, 4.69) is 14.5 Å². The standard InChI is InChI=1S/C10H10F3NO2/c1-15-4-3-7-6-14-9(16-2)5-8(7)10(11,12)13/h3-6H,1-2H3/b4-3+. The highest BCUT2D eigenvalue weighted by atomic mass is 19.4. The summed E-state index contributed by atoms with van der Waals surface area (Å²) in [7, 11) is 2.61. The first-order valence-corrected chi connectivity index (χ1v) is 4.29. The minimum atomic E-state index is -4.45. The normalized spacial score (nSPS) is 11.8. The van der Waals surface area contributed by atoms with Crippen molar-refractivity contribution < 1.29 is 22.6 Å². The van der Waals surface area contributed by atoms with Crippen molar-refractivity contribution in [2.45, 2.75) is 6.18 Å². The van der Waals surface area contributed by atoms with Crippen LogP contribution in [0, 0.1) is 0 Å². The first kappa shape index (κ1) is 12.4. The van der Waals surface area contributed by atoms with Gasteiger partial charge in [0.1, 0.15) is 0 Å². The lowest BCUT2D eigenvalue weighted by Gasteiger charge is -2.10. The van der Waals surface area contributed by atoms with Crippen LogP contribution in [0.2, 0.25) is 0 Å². The smallest absolute Gasteiger partial charge is 0.417 e. The lowest BCUT2D eigenvalue weighted by atomic mass is 10.1. The van der Waals surface area contributed by atoms with Crippen LogP contribution in [0.25, 0.3) is 6.08 Å². The molecule has 0 aromatic carbocycles. The van der Waals surface area contributed by atoms with E-state index in [1.54, 1.807) is 0 Å². The van der Waals surface area contributed by atoms with Gasteiger partial charge in [0.25, 0.3) is 0 Å². The van der Waals surface area contributed by atoms with Gasteiger partial charge in [-0.05, 0) is 6.08 Å². The van der Waals surface area contributed by atoms with Crippen LogP contribution in [0.4, 0.5) is 13.2 Å². The zero-order valence-corrected chi connectivity index (χ0v) is 8.71. The highest BCUT2D eigenvalue weighted by Crippen LogP contribution is 2.33. The Morgan fingerprint density at radius 3 is 2.50 bits per heavy atom. The molecule has 1 rings (SSSR count). The molecule has 1 aromatic rings. The molecule has 0 fully saturated rings. The fraction of sp³-hybridized carbons (Fsp3) is 0.300. The summed E-state index contributed by atoms with van der Waals surface area (Å²) in [5.74, 6) is -0.0816. The van der Waals surface area contributed by atoms with Gasteiger partial charge in [0.05, 0.1) is 26.0 Å². The number of aromatic nitrogens is 1. The van der Waals surface area contributed by atoms with Gasteiger partial charge in [-0.3, -0.25) is 0 Å². The van der Waals surface area contributed by atoms with Gasteiger partial charge in [-0.2, -0.15) is 13.2 Å². The number of hydrogen-bond acceptors (Lipinski definition) is 3. The molecule has 1 aromatic heterocycles. The van der Waals surface area contributed by atoms with E-state index in [-0.39, 0.29) is 11.4 Å². The third-order valence-corrected chi connectivity index (χ3v) is 1.81. The summed E-state index contributed by atoms with van der Waals surface area (Å²) in [4.78, 5) is 3.70. The second-order valence-corrected chi connectivity index (χ2v) is 2.85. The fourth-order valence-electron chi connectivity index (χ4n) is 1.08. The van der Waals surface area contributed by atoms with Crippen LogP contribution in [0.5, 0.6) is 5.88 Å². The molecule has 0 aliphatic heterocycles. The maximum atomic E-state index is 12.6. The molecular weight excluding hydrogens is 223 g/mol. The van der Waals surface area contributed by atoms with Gasteiger partial charge in [-0.25, -0.2) is 4.98 Å². The summed E-state index contributed by atoms with van der Waals surface area (Å²) in [6.07, 6.45) is -1.03. The van der Waals surface area contributed by atoms with Crippen LogP contribution in [-0.2, 0) is 10.9 Å². The number of ether oxygens (including phenoxy) is 2. The fourth-order valence-corrected chi connectivity index (χ4v) is 1.08. The van der Waals surface area contributed by atoms with Gasteiger partial charge in [-0.1, -0.05) is 0 Å². The first-order valence-electron chi connectivity index (χ1n) is 4.29. The Morgan fingerprint density at radius 1 is 1.31 bits per heavy atom. The van der Waals surface area contributed by atoms with Crippen LogP contribution in [0.1, 0.15) is 11.1 Å². The molecule has 6 heteroatoms. The molecule has 0 spiro atoms. The van der Waals surface area contributed by atoms with E-state index < -0.39 is 11.7 Å². The van der Waals surface area contributed by atoms with Crippen LogP contribution in [0.3, 0.4) is 0 Å². The Bertz CT molecular complexity index is 388. The van der Waals surface area contributed by atoms with Crippen LogP contribution >= 0.6 is 0 Å². The molecule has 0 bridgehead atoms. The Hall–Kier alpha value is -1.72. The zero-order valence-electron chi connectivity index (χ0n) is 8.71. The van der Waals surface area contributed by atoms with Crippen molar-refractivity contribution in [3.8, 4) is 5.88 Å². The number of hydrogen-bond donors (Lipinski definition) is 0. The van der Waals surface area contributed by atoms with Gasteiger partial charge >= 0.3 is 6.18 Å². The Labute approximate surface area is 90.5 Å². The van der Waals surface area contributed by atoms with Crippen molar-refractivity contribution in [3.63, 3.8) is 0 Å². The van der Waals surface area contributed by atoms with Gasteiger partial charge in [0.15, 0.2) is 0 Å². The Morgan fingerprint density at radius 2 is 2.00 bits per heavy atom. The maximum absolute atomic E-state index is 12.6. The first-order chi connectivity index (χ1) is 7.49. The third kappa shape index (κ3) is 2.88. The molecule has 0 aliphatic carbocycles. The summed E-state index contributed by atoms with van der Waals surface area (Å²) < 4.78 is 47.1. The summed E-state index contributed by atoms with van der Waals surface area (Å²) in [5.41, 5.74) is -0.886. The summed E-state index contributed by atoms with van der Waals surface area (Å²) in [6, 6.07) is 0.843. The van der Waals surface area contributed by atoms with Crippen molar-refractivity contribution in [2.24, 2.45) is 0 Å². The summed E-state index contributed by atoms with van der Waals surface area (Å²) >= 11 is 0. The number of methoxy groups -OCH3 is 2. The third-order valence-electron chi connectivity index (χ3n) is 1.81. The van der Waals surface area contributed by atoms with Crippen molar-refractivity contribution in [1.82, 2.24) is 4.98 Å². The van der Waals surface area contributed by atoms with Gasteiger partial charge < -0.3 is 9.47 Å². The van der Waals surface area contributed by atoms with E-state index in [0.717, 1.165) is 18.5 Å². The van der Waals surface area contributed by atoms with E-state index >= 15 is 0 Å². The Balaban J connectivity index is 3.22. The van der Waals surface area contributed by atoms with E-state index in [1.807, 2.05) is 0 Å². The maximum Gasteiger partial charge on any atom is 0.417 e. The number of nitrogens with zero attached hydrogens (tertiary/aromatic N) is 1. The molecule has 0 aliphatic rings. The number of halogens is 3. The number of rotatable bonds is 3. The predicted octanol–water partition coefficient (Wildman–Crippen LogP) is 2.73. The van der Waals surface area contributed by atoms with Crippen LogP contribution < -0.4 is 4.74 Å². The molecule has 88 valence electrons. The predicted molar refractivity (Wildman–Crippen MR) is 51.8 cm³/mol. The molecule has 1 heterocycles. The highest BCUT2D eigenvalue weighted by Gasteiger charge is 2.33. The largest absolute Gasteiger partial charge is 0.504 e. The van der Waals surface area contributed by atoms with Crippen molar-refractivity contribution in [1.29, 1.82) is 0 Å². The van der Waals surface area contributed by atoms with Crippen molar-refractivity contribution in [3.05, 3.63) is 29.7 Å². The van der Waals surface area contributed by atoms with E-state index in [9.17, 15) is 13.2 Å². The topological polar surface area (TPSA) is 31.4 Å². The van der Waals surface area contributed by atoms with Crippen molar-refractivity contribution in [2.75, 3.05) is 14.2 Å². The lowest BCUT2D eigenvalue weighted by Crippen LogP contribution is -2.08. The van der Waals surface area contributed by atoms with Crippen LogP contribution in [-0.4, -0.2) is 19.2 Å². The van der Waals surface area contributed by atoms with Gasteiger partial charge in [0.2, 0.25) is 5.88 Å². The molecule has 0 amide bonds. The molecule has 0 saturated heterocycles. The highest BCUT2D eigenvalue weighted by molar-refractivity contribution is 5.53. The second-order valence-electron chi connectivity index (χ2n) is 2.85. The molecular formula is C10H10F3NO2. The lowest BCUT2D eigenvalue weighted by molar-refractivity contribution is -0.137. The minimum absolute atomic E-state index is 0.0739. The van der Waals surface area contributed by atoms with Gasteiger partial charge in [0, 0.05) is 17.8 Å². The molecule has 0 atom stereocenters. The zero-order chi connectivity index (χ0) is 12.2. The minimum Gasteiger partial charge on any atom is -0.504 e. The van der Waals surface area contributed by atoms with E-state index in [4.69, 9.17) is 0 Å². The summed E-state index contributed by atoms with van der Waals surface area (Å²) in [6.45, 7) is 0. The number of pyridine rings is 1. The average Bonchev–Trinajstić information content (AvgIpc) is 2.25. The van der Waals surface area contributed by atoms with Crippen LogP contribution in [0.15, 0.2) is 18.5 Å². The number of alkyl halides is 3. The second kappa shape index (κ2) is 4.87. The Kier molecular flexibility index (Phi) is 3.76. The quantitative estimate of drug-likeness (QED) is 0.752. The molecule has 3 nitrogen and oxygen atoms in total.